The van der Waals surface area contributed by atoms with Crippen molar-refractivity contribution in [1.29, 1.82) is 0 Å². The van der Waals surface area contributed by atoms with Crippen LogP contribution in [0.2, 0.25) is 0 Å². The molecule has 0 spiro atoms. The van der Waals surface area contributed by atoms with Crippen molar-refractivity contribution < 1.29 is 14.7 Å². The summed E-state index contributed by atoms with van der Waals surface area (Å²) in [5, 5.41) is 15.7. The van der Waals surface area contributed by atoms with E-state index in [-0.39, 0.29) is 5.91 Å². The Labute approximate surface area is 132 Å². The van der Waals surface area contributed by atoms with Crippen LogP contribution in [0, 0.1) is 0 Å². The number of carbonyl (C=O) groups is 2. The summed E-state index contributed by atoms with van der Waals surface area (Å²) >= 11 is 0. The third-order valence-corrected chi connectivity index (χ3v) is 3.41. The normalized spacial score (nSPS) is 10.3. The monoisotopic (exact) mass is 306 g/mol. The van der Waals surface area contributed by atoms with E-state index in [1.54, 1.807) is 30.3 Å². The number of benzene rings is 3. The SMILES string of the molecule is O=C(O)Nc1ccc(NC(=O)c2ccc3ccccc3c2)cc1. The van der Waals surface area contributed by atoms with Gasteiger partial charge in [-0.2, -0.15) is 0 Å². The number of carbonyl (C=O) groups excluding carboxylic acids is 1. The van der Waals surface area contributed by atoms with Crippen molar-refractivity contribution in [1.82, 2.24) is 0 Å². The van der Waals surface area contributed by atoms with E-state index in [4.69, 9.17) is 5.11 Å². The maximum Gasteiger partial charge on any atom is 0.409 e. The highest BCUT2D eigenvalue weighted by Crippen LogP contribution is 2.18. The van der Waals surface area contributed by atoms with Crippen LogP contribution < -0.4 is 10.6 Å². The van der Waals surface area contributed by atoms with Gasteiger partial charge in [-0.3, -0.25) is 10.1 Å². The number of hydrogen-bond acceptors (Lipinski definition) is 2. The van der Waals surface area contributed by atoms with Gasteiger partial charge in [0.25, 0.3) is 5.91 Å². The van der Waals surface area contributed by atoms with Crippen LogP contribution in [0.15, 0.2) is 66.7 Å². The molecule has 2 amide bonds. The summed E-state index contributed by atoms with van der Waals surface area (Å²) in [6.07, 6.45) is -1.13. The second kappa shape index (κ2) is 6.19. The molecule has 0 radical (unpaired) electrons. The minimum atomic E-state index is -1.13. The zero-order valence-corrected chi connectivity index (χ0v) is 12.1. The summed E-state index contributed by atoms with van der Waals surface area (Å²) in [5.41, 5.74) is 1.61. The van der Waals surface area contributed by atoms with E-state index in [1.165, 1.54) is 0 Å². The average molecular weight is 306 g/mol. The van der Waals surface area contributed by atoms with Crippen molar-refractivity contribution in [2.24, 2.45) is 0 Å². The fraction of sp³-hybridized carbons (Fsp3) is 0. The van der Waals surface area contributed by atoms with Crippen LogP contribution in [0.1, 0.15) is 10.4 Å². The lowest BCUT2D eigenvalue weighted by Gasteiger charge is -2.07. The van der Waals surface area contributed by atoms with Crippen molar-refractivity contribution in [2.45, 2.75) is 0 Å². The minimum absolute atomic E-state index is 0.213. The van der Waals surface area contributed by atoms with Gasteiger partial charge in [0, 0.05) is 16.9 Å². The molecule has 0 aliphatic heterocycles. The molecular formula is C18H14N2O3. The molecule has 0 atom stereocenters. The highest BCUT2D eigenvalue weighted by molar-refractivity contribution is 6.06. The van der Waals surface area contributed by atoms with Gasteiger partial charge in [0.2, 0.25) is 0 Å². The topological polar surface area (TPSA) is 78.4 Å². The standard InChI is InChI=1S/C18H14N2O3/c21-17(14-6-5-12-3-1-2-4-13(12)11-14)19-15-7-9-16(10-8-15)20-18(22)23/h1-11,20H,(H,19,21)(H,22,23). The molecule has 3 rings (SSSR count). The van der Waals surface area contributed by atoms with Crippen LogP contribution in [0.4, 0.5) is 16.2 Å². The van der Waals surface area contributed by atoms with Crippen LogP contribution in [-0.2, 0) is 0 Å². The molecule has 3 aromatic rings. The number of carboxylic acid groups (broad SMARTS) is 1. The van der Waals surface area contributed by atoms with Crippen molar-refractivity contribution in [2.75, 3.05) is 10.6 Å². The average Bonchev–Trinajstić information content (AvgIpc) is 2.55. The number of fused-ring (bicyclic) bond motifs is 1. The second-order valence-corrected chi connectivity index (χ2v) is 5.02. The summed E-state index contributed by atoms with van der Waals surface area (Å²) in [4.78, 5) is 22.8. The maximum atomic E-state index is 12.3. The van der Waals surface area contributed by atoms with Gasteiger partial charge in [0.05, 0.1) is 0 Å². The highest BCUT2D eigenvalue weighted by atomic mass is 16.4. The molecule has 23 heavy (non-hydrogen) atoms. The Morgan fingerprint density at radius 3 is 2.00 bits per heavy atom. The van der Waals surface area contributed by atoms with E-state index in [1.807, 2.05) is 36.4 Å². The molecule has 3 N–H and O–H groups in total. The number of rotatable bonds is 3. The number of nitrogens with one attached hydrogen (secondary N) is 2. The molecule has 0 aliphatic rings. The first-order chi connectivity index (χ1) is 11.1. The predicted octanol–water partition coefficient (Wildman–Crippen LogP) is 4.18. The molecule has 5 nitrogen and oxygen atoms in total. The first kappa shape index (κ1) is 14.6. The Hall–Kier alpha value is -3.34. The van der Waals surface area contributed by atoms with Gasteiger partial charge < -0.3 is 10.4 Å². The lowest BCUT2D eigenvalue weighted by atomic mass is 10.1. The molecule has 114 valence electrons. The van der Waals surface area contributed by atoms with Crippen molar-refractivity contribution in [3.8, 4) is 0 Å². The third-order valence-electron chi connectivity index (χ3n) is 3.41. The summed E-state index contributed by atoms with van der Waals surface area (Å²) in [7, 11) is 0. The van der Waals surface area contributed by atoms with Crippen LogP contribution in [0.25, 0.3) is 10.8 Å². The molecule has 3 aromatic carbocycles. The lowest BCUT2D eigenvalue weighted by molar-refractivity contribution is 0.102. The third kappa shape index (κ3) is 3.47. The molecule has 5 heteroatoms. The maximum absolute atomic E-state index is 12.3. The van der Waals surface area contributed by atoms with Gasteiger partial charge >= 0.3 is 6.09 Å². The fourth-order valence-electron chi connectivity index (χ4n) is 2.29. The summed E-state index contributed by atoms with van der Waals surface area (Å²) in [5.74, 6) is -0.213. The molecule has 0 bridgehead atoms. The van der Waals surface area contributed by atoms with Gasteiger partial charge in [-0.25, -0.2) is 4.79 Å². The Bertz CT molecular complexity index is 873. The van der Waals surface area contributed by atoms with Crippen molar-refractivity contribution in [3.63, 3.8) is 0 Å². The van der Waals surface area contributed by atoms with Crippen molar-refractivity contribution >= 4 is 34.1 Å². The fourth-order valence-corrected chi connectivity index (χ4v) is 2.29. The van der Waals surface area contributed by atoms with E-state index in [2.05, 4.69) is 10.6 Å². The van der Waals surface area contributed by atoms with Gasteiger partial charge in [-0.15, -0.1) is 0 Å². The molecule has 0 saturated carbocycles. The molecule has 0 fully saturated rings. The number of anilines is 2. The first-order valence-electron chi connectivity index (χ1n) is 7.02. The van der Waals surface area contributed by atoms with Crippen LogP contribution in [-0.4, -0.2) is 17.1 Å². The smallest absolute Gasteiger partial charge is 0.409 e. The Balaban J connectivity index is 1.76. The highest BCUT2D eigenvalue weighted by Gasteiger charge is 2.07. The summed E-state index contributed by atoms with van der Waals surface area (Å²) in [6, 6.07) is 19.8. The van der Waals surface area contributed by atoms with E-state index in [0.717, 1.165) is 10.8 Å². The predicted molar refractivity (Wildman–Crippen MR) is 90.0 cm³/mol. The van der Waals surface area contributed by atoms with Crippen LogP contribution >= 0.6 is 0 Å². The van der Waals surface area contributed by atoms with E-state index < -0.39 is 6.09 Å². The summed E-state index contributed by atoms with van der Waals surface area (Å²) < 4.78 is 0. The van der Waals surface area contributed by atoms with Gasteiger partial charge in [0.1, 0.15) is 0 Å². The zero-order chi connectivity index (χ0) is 16.2. The number of amides is 2. The first-order valence-corrected chi connectivity index (χ1v) is 7.02. The molecule has 0 aromatic heterocycles. The Morgan fingerprint density at radius 1 is 0.739 bits per heavy atom. The quantitative estimate of drug-likeness (QED) is 0.679. The number of hydrogen-bond donors (Lipinski definition) is 3. The van der Waals surface area contributed by atoms with Gasteiger partial charge in [-0.1, -0.05) is 30.3 Å². The molecule has 0 saturated heterocycles. The van der Waals surface area contributed by atoms with E-state index >= 15 is 0 Å². The molecular weight excluding hydrogens is 292 g/mol. The van der Waals surface area contributed by atoms with E-state index in [0.29, 0.717) is 16.9 Å². The van der Waals surface area contributed by atoms with E-state index in [9.17, 15) is 9.59 Å². The van der Waals surface area contributed by atoms with Crippen LogP contribution in [0.5, 0.6) is 0 Å². The molecule has 0 unspecified atom stereocenters. The minimum Gasteiger partial charge on any atom is -0.465 e. The zero-order valence-electron chi connectivity index (χ0n) is 12.1. The Kier molecular flexibility index (Phi) is 3.93. The lowest BCUT2D eigenvalue weighted by Crippen LogP contribution is -2.12. The molecule has 0 aliphatic carbocycles. The van der Waals surface area contributed by atoms with Gasteiger partial charge in [-0.05, 0) is 47.2 Å². The van der Waals surface area contributed by atoms with Crippen LogP contribution in [0.3, 0.4) is 0 Å². The Morgan fingerprint density at radius 2 is 1.35 bits per heavy atom. The second-order valence-electron chi connectivity index (χ2n) is 5.02. The van der Waals surface area contributed by atoms with Gasteiger partial charge in [0.15, 0.2) is 0 Å². The molecule has 0 heterocycles. The summed E-state index contributed by atoms with van der Waals surface area (Å²) in [6.45, 7) is 0. The van der Waals surface area contributed by atoms with Crippen molar-refractivity contribution in [3.05, 3.63) is 72.3 Å². The largest absolute Gasteiger partial charge is 0.465 e.